The van der Waals surface area contributed by atoms with Crippen LogP contribution in [0.1, 0.15) is 95.2 Å². The summed E-state index contributed by atoms with van der Waals surface area (Å²) in [5.74, 6) is -0.994. The number of methoxy groups -OCH3 is 1. The summed E-state index contributed by atoms with van der Waals surface area (Å²) >= 11 is 0. The minimum atomic E-state index is -1.07. The summed E-state index contributed by atoms with van der Waals surface area (Å²) in [6, 6.07) is 11.1. The monoisotopic (exact) mass is 760 g/mol. The minimum Gasteiger partial charge on any atom is -0.490 e. The van der Waals surface area contributed by atoms with Gasteiger partial charge in [0.05, 0.1) is 7.11 Å². The molecule has 3 atom stereocenters. The standard InChI is InChI=1S/C36H48N4O9.5CH4/c1-24(41)38-30-22-25-11-15-27(16-12-25)47-20-8-9-21-48-28-17-13-26(14-18-28)23-31(34(44)46-5)40-32(42)29(39-33(30)43)10-6-7-19-37-35(45)49-36(2,3)4;;;;;/h8-9,11-18,29-31H,6-7,10,19-23H2,1-5H3,(H,37,45)(H,38,41)(H,39,43)(H,40,42);5*1H4/t29-,30+,31+;;;;;/m1...../s1. The molecule has 2 aromatic rings. The number of benzene rings is 2. The summed E-state index contributed by atoms with van der Waals surface area (Å²) in [6.07, 6.45) is 4.49. The molecule has 0 spiro atoms. The average molecular weight is 761 g/mol. The highest BCUT2D eigenvalue weighted by molar-refractivity contribution is 5.93. The number of carbonyl (C=O) groups is 5. The van der Waals surface area contributed by atoms with Crippen molar-refractivity contribution >= 4 is 29.8 Å². The number of carbonyl (C=O) groups excluding carboxylic acids is 5. The van der Waals surface area contributed by atoms with E-state index in [-0.39, 0.29) is 62.9 Å². The smallest absolute Gasteiger partial charge is 0.407 e. The summed E-state index contributed by atoms with van der Waals surface area (Å²) in [7, 11) is 1.23. The van der Waals surface area contributed by atoms with Gasteiger partial charge in [-0.3, -0.25) is 14.4 Å². The molecule has 13 heteroatoms. The number of hydrogen-bond acceptors (Lipinski definition) is 9. The van der Waals surface area contributed by atoms with Crippen molar-refractivity contribution in [3.8, 4) is 11.5 Å². The Morgan fingerprint density at radius 2 is 1.30 bits per heavy atom. The number of amides is 4. The van der Waals surface area contributed by atoms with Crippen molar-refractivity contribution in [1.29, 1.82) is 0 Å². The molecule has 0 fully saturated rings. The fourth-order valence-corrected chi connectivity index (χ4v) is 4.92. The zero-order valence-corrected chi connectivity index (χ0v) is 28.8. The van der Waals surface area contributed by atoms with Crippen LogP contribution in [0.3, 0.4) is 0 Å². The van der Waals surface area contributed by atoms with Crippen molar-refractivity contribution in [2.24, 2.45) is 0 Å². The molecule has 0 saturated carbocycles. The van der Waals surface area contributed by atoms with Crippen LogP contribution < -0.4 is 30.7 Å². The molecule has 4 aliphatic heterocycles. The zero-order chi connectivity index (χ0) is 35.8. The molecule has 0 aromatic heterocycles. The van der Waals surface area contributed by atoms with Crippen LogP contribution in [0.2, 0.25) is 0 Å². The van der Waals surface area contributed by atoms with Gasteiger partial charge in [0.25, 0.3) is 0 Å². The number of hydrogen-bond donors (Lipinski definition) is 4. The highest BCUT2D eigenvalue weighted by atomic mass is 16.6. The van der Waals surface area contributed by atoms with Gasteiger partial charge < -0.3 is 40.2 Å². The van der Waals surface area contributed by atoms with Crippen molar-refractivity contribution in [3.05, 3.63) is 71.8 Å². The second kappa shape index (κ2) is 26.7. The lowest BCUT2D eigenvalue weighted by molar-refractivity contribution is -0.145. The topological polar surface area (TPSA) is 170 Å². The molecular weight excluding hydrogens is 692 g/mol. The summed E-state index contributed by atoms with van der Waals surface area (Å²) < 4.78 is 21.8. The van der Waals surface area contributed by atoms with Gasteiger partial charge >= 0.3 is 12.1 Å². The fraction of sp³-hybridized carbons (Fsp3) is 0.537. The van der Waals surface area contributed by atoms with Crippen molar-refractivity contribution in [2.75, 3.05) is 26.9 Å². The normalized spacial score (nSPS) is 17.2. The van der Waals surface area contributed by atoms with Gasteiger partial charge in [-0.1, -0.05) is 61.4 Å². The van der Waals surface area contributed by atoms with E-state index in [9.17, 15) is 24.0 Å². The number of unbranched alkanes of at least 4 members (excludes halogenated alkanes) is 1. The van der Waals surface area contributed by atoms with Crippen molar-refractivity contribution in [1.82, 2.24) is 21.3 Å². The third-order valence-electron chi connectivity index (χ3n) is 7.30. The van der Waals surface area contributed by atoms with E-state index in [1.807, 2.05) is 12.2 Å². The quantitative estimate of drug-likeness (QED) is 0.143. The van der Waals surface area contributed by atoms with Gasteiger partial charge in [0.2, 0.25) is 17.7 Å². The van der Waals surface area contributed by atoms with Crippen LogP contribution >= 0.6 is 0 Å². The largest absolute Gasteiger partial charge is 0.490 e. The van der Waals surface area contributed by atoms with Gasteiger partial charge in [0.1, 0.15) is 48.4 Å². The lowest BCUT2D eigenvalue weighted by Crippen LogP contribution is -2.56. The Kier molecular flexibility index (Phi) is 26.3. The Hall–Kier alpha value is -5.07. The zero-order valence-electron chi connectivity index (χ0n) is 28.8. The Labute approximate surface area is 324 Å². The maximum absolute atomic E-state index is 13.7. The van der Waals surface area contributed by atoms with Crippen LogP contribution in [0.5, 0.6) is 11.5 Å². The molecule has 0 radical (unpaired) electrons. The first-order valence-corrected chi connectivity index (χ1v) is 16.3. The SMILES string of the molecule is C.C.C.C.C.COC(=O)[C@@H]1Cc2ccc(cc2)OCC=CCOc2ccc(cc2)C[C@H](NC(C)=O)C(=O)N[C@H](CCCCNC(=O)OC(C)(C)C)C(=O)N1. The maximum atomic E-state index is 13.7. The molecule has 306 valence electrons. The molecule has 54 heavy (non-hydrogen) atoms. The number of rotatable bonds is 7. The predicted octanol–water partition coefficient (Wildman–Crippen LogP) is 6.32. The van der Waals surface area contributed by atoms with E-state index in [1.165, 1.54) is 14.0 Å². The highest BCUT2D eigenvalue weighted by Crippen LogP contribution is 2.16. The van der Waals surface area contributed by atoms with Crippen LogP contribution in [0, 0.1) is 0 Å². The lowest BCUT2D eigenvalue weighted by Gasteiger charge is -2.25. The van der Waals surface area contributed by atoms with Crippen LogP contribution in [0.4, 0.5) is 4.79 Å². The first kappa shape index (κ1) is 53.3. The van der Waals surface area contributed by atoms with Crippen molar-refractivity contribution in [3.63, 3.8) is 0 Å². The fourth-order valence-electron chi connectivity index (χ4n) is 4.92. The minimum absolute atomic E-state index is 0. The Balaban J connectivity index is -0.00000520. The van der Waals surface area contributed by atoms with Crippen LogP contribution in [-0.2, 0) is 41.5 Å². The molecule has 4 amide bonds. The van der Waals surface area contributed by atoms with Gasteiger partial charge in [-0.2, -0.15) is 0 Å². The second-order valence-electron chi connectivity index (χ2n) is 12.6. The van der Waals surface area contributed by atoms with Gasteiger partial charge in [0.15, 0.2) is 0 Å². The summed E-state index contributed by atoms with van der Waals surface area (Å²) in [5.41, 5.74) is 0.858. The summed E-state index contributed by atoms with van der Waals surface area (Å²) in [4.78, 5) is 64.3. The molecule has 4 heterocycles. The van der Waals surface area contributed by atoms with E-state index in [4.69, 9.17) is 18.9 Å². The van der Waals surface area contributed by atoms with Gasteiger partial charge in [-0.15, -0.1) is 0 Å². The van der Waals surface area contributed by atoms with Crippen LogP contribution in [0.25, 0.3) is 0 Å². The van der Waals surface area contributed by atoms with E-state index in [1.54, 1.807) is 69.3 Å². The molecule has 4 bridgehead atoms. The molecule has 4 N–H and O–H groups in total. The number of alkyl carbamates (subject to hydrolysis) is 1. The average Bonchev–Trinajstić information content (AvgIpc) is 3.04. The second-order valence-corrected chi connectivity index (χ2v) is 12.6. The highest BCUT2D eigenvalue weighted by Gasteiger charge is 2.30. The molecule has 0 saturated heterocycles. The molecule has 4 aliphatic rings. The van der Waals surface area contributed by atoms with Crippen molar-refractivity contribution in [2.45, 2.75) is 121 Å². The summed E-state index contributed by atoms with van der Waals surface area (Å²) in [5, 5.41) is 10.9. The first-order chi connectivity index (χ1) is 23.3. The molecule has 0 aliphatic carbocycles. The Morgan fingerprint density at radius 1 is 0.778 bits per heavy atom. The van der Waals surface area contributed by atoms with Crippen LogP contribution in [-0.4, -0.2) is 80.4 Å². The lowest BCUT2D eigenvalue weighted by atomic mass is 10.0. The summed E-state index contributed by atoms with van der Waals surface area (Å²) in [6.45, 7) is 7.54. The first-order valence-electron chi connectivity index (χ1n) is 16.3. The Morgan fingerprint density at radius 3 is 1.78 bits per heavy atom. The Bertz CT molecular complexity index is 1440. The molecule has 0 unspecified atom stereocenters. The van der Waals surface area contributed by atoms with E-state index in [0.29, 0.717) is 37.6 Å². The van der Waals surface area contributed by atoms with E-state index < -0.39 is 53.5 Å². The molecule has 6 rings (SSSR count). The van der Waals surface area contributed by atoms with Crippen molar-refractivity contribution < 1.29 is 42.9 Å². The third-order valence-corrected chi connectivity index (χ3v) is 7.30. The van der Waals surface area contributed by atoms with E-state index >= 15 is 0 Å². The third kappa shape index (κ3) is 19.7. The number of ether oxygens (including phenoxy) is 4. The van der Waals surface area contributed by atoms with Gasteiger partial charge in [0, 0.05) is 26.3 Å². The van der Waals surface area contributed by atoms with E-state index in [0.717, 1.165) is 11.1 Å². The van der Waals surface area contributed by atoms with E-state index in [2.05, 4.69) is 21.3 Å². The van der Waals surface area contributed by atoms with Gasteiger partial charge in [-0.05, 0) is 87.6 Å². The molecular formula is C41H68N4O9. The van der Waals surface area contributed by atoms with Crippen LogP contribution in [0.15, 0.2) is 60.7 Å². The van der Waals surface area contributed by atoms with Gasteiger partial charge in [-0.25, -0.2) is 9.59 Å². The molecule has 13 nitrogen and oxygen atoms in total. The maximum Gasteiger partial charge on any atom is 0.407 e. The number of esters is 1. The molecule has 2 aromatic carbocycles. The number of nitrogens with one attached hydrogen (secondary N) is 4. The predicted molar refractivity (Wildman–Crippen MR) is 216 cm³/mol.